The molecule has 0 aromatic heterocycles. The number of hydrogen-bond acceptors (Lipinski definition) is 0. The fraction of sp³-hybridized carbons (Fsp3) is 0.600. The summed E-state index contributed by atoms with van der Waals surface area (Å²) in [6.45, 7) is 2.24. The van der Waals surface area contributed by atoms with Crippen LogP contribution in [0.4, 0.5) is 22.0 Å². The smallest absolute Gasteiger partial charge is 0.206 e. The SMILES string of the molecule is CCCC[C@@H]1CC[C@@H]2CC(c3ccc4c(F)c(C(F)(F)F)c(F)cc4c3)CCC2C1. The molecule has 164 valence electrons. The molecule has 30 heavy (non-hydrogen) atoms. The quantitative estimate of drug-likeness (QED) is 0.431. The van der Waals surface area contributed by atoms with Crippen LogP contribution in [0.3, 0.4) is 0 Å². The van der Waals surface area contributed by atoms with Crippen molar-refractivity contribution in [3.8, 4) is 0 Å². The Balaban J connectivity index is 1.52. The molecule has 2 saturated carbocycles. The molecule has 5 heteroatoms. The van der Waals surface area contributed by atoms with Gasteiger partial charge in [0.05, 0.1) is 0 Å². The third-order valence-electron chi connectivity index (χ3n) is 7.50. The number of hydrogen-bond donors (Lipinski definition) is 0. The molecular formula is C25H29F5. The fourth-order valence-electron chi connectivity index (χ4n) is 5.91. The number of fused-ring (bicyclic) bond motifs is 2. The van der Waals surface area contributed by atoms with E-state index >= 15 is 0 Å². The summed E-state index contributed by atoms with van der Waals surface area (Å²) < 4.78 is 67.4. The molecule has 4 atom stereocenters. The molecule has 2 aromatic rings. The molecule has 0 heterocycles. The predicted molar refractivity (Wildman–Crippen MR) is 109 cm³/mol. The minimum atomic E-state index is -5.05. The van der Waals surface area contributed by atoms with Crippen LogP contribution in [0.25, 0.3) is 10.8 Å². The van der Waals surface area contributed by atoms with E-state index in [4.69, 9.17) is 0 Å². The molecule has 2 aliphatic rings. The lowest BCUT2D eigenvalue weighted by atomic mass is 9.63. The van der Waals surface area contributed by atoms with Gasteiger partial charge in [0.2, 0.25) is 0 Å². The van der Waals surface area contributed by atoms with Crippen molar-refractivity contribution < 1.29 is 22.0 Å². The van der Waals surface area contributed by atoms with Crippen LogP contribution < -0.4 is 0 Å². The van der Waals surface area contributed by atoms with Gasteiger partial charge in [-0.05, 0) is 72.8 Å². The molecule has 2 aliphatic carbocycles. The van der Waals surface area contributed by atoms with E-state index in [0.29, 0.717) is 11.8 Å². The van der Waals surface area contributed by atoms with E-state index in [9.17, 15) is 22.0 Å². The third kappa shape index (κ3) is 4.22. The van der Waals surface area contributed by atoms with Crippen LogP contribution in [0.5, 0.6) is 0 Å². The highest BCUT2D eigenvalue weighted by Crippen LogP contribution is 2.49. The molecule has 0 radical (unpaired) electrons. The van der Waals surface area contributed by atoms with Gasteiger partial charge < -0.3 is 0 Å². The van der Waals surface area contributed by atoms with Crippen molar-refractivity contribution in [2.24, 2.45) is 17.8 Å². The number of alkyl halides is 3. The zero-order valence-electron chi connectivity index (χ0n) is 17.4. The van der Waals surface area contributed by atoms with Crippen molar-refractivity contribution in [3.63, 3.8) is 0 Å². The summed E-state index contributed by atoms with van der Waals surface area (Å²) in [6, 6.07) is 5.65. The molecule has 2 unspecified atom stereocenters. The van der Waals surface area contributed by atoms with Gasteiger partial charge in [0.25, 0.3) is 0 Å². The van der Waals surface area contributed by atoms with Crippen LogP contribution in [-0.2, 0) is 6.18 Å². The molecule has 0 N–H and O–H groups in total. The highest BCUT2D eigenvalue weighted by Gasteiger charge is 2.39. The summed E-state index contributed by atoms with van der Waals surface area (Å²) in [4.78, 5) is 0. The van der Waals surface area contributed by atoms with Crippen molar-refractivity contribution in [3.05, 3.63) is 47.0 Å². The Kier molecular flexibility index (Phi) is 6.09. The fourth-order valence-corrected chi connectivity index (χ4v) is 5.91. The highest BCUT2D eigenvalue weighted by molar-refractivity contribution is 5.85. The summed E-state index contributed by atoms with van der Waals surface area (Å²) in [6.07, 6.45) is 6.01. The van der Waals surface area contributed by atoms with Crippen molar-refractivity contribution in [2.75, 3.05) is 0 Å². The van der Waals surface area contributed by atoms with Crippen molar-refractivity contribution in [1.29, 1.82) is 0 Å². The van der Waals surface area contributed by atoms with Gasteiger partial charge in [-0.3, -0.25) is 0 Å². The molecule has 0 aliphatic heterocycles. The van der Waals surface area contributed by atoms with Gasteiger partial charge in [0.15, 0.2) is 0 Å². The first-order chi connectivity index (χ1) is 14.3. The Morgan fingerprint density at radius 1 is 0.933 bits per heavy atom. The number of unbranched alkanes of at least 4 members (excludes halogenated alkanes) is 1. The monoisotopic (exact) mass is 424 g/mol. The van der Waals surface area contributed by atoms with Gasteiger partial charge >= 0.3 is 6.18 Å². The Bertz CT molecular complexity index is 901. The lowest BCUT2D eigenvalue weighted by molar-refractivity contribution is -0.142. The van der Waals surface area contributed by atoms with Gasteiger partial charge in [-0.2, -0.15) is 13.2 Å². The molecule has 2 aromatic carbocycles. The first kappa shape index (κ1) is 21.6. The maximum absolute atomic E-state index is 14.4. The molecule has 2 fully saturated rings. The van der Waals surface area contributed by atoms with Gasteiger partial charge in [-0.25, -0.2) is 8.78 Å². The van der Waals surface area contributed by atoms with E-state index in [2.05, 4.69) is 6.92 Å². The first-order valence-corrected chi connectivity index (χ1v) is 11.3. The minimum Gasteiger partial charge on any atom is -0.206 e. The van der Waals surface area contributed by atoms with Crippen molar-refractivity contribution in [2.45, 2.75) is 76.8 Å². The summed E-state index contributed by atoms with van der Waals surface area (Å²) in [5.41, 5.74) is -0.810. The topological polar surface area (TPSA) is 0 Å². The number of rotatable bonds is 4. The minimum absolute atomic E-state index is 0.169. The second-order valence-corrected chi connectivity index (χ2v) is 9.38. The summed E-state index contributed by atoms with van der Waals surface area (Å²) in [7, 11) is 0. The highest BCUT2D eigenvalue weighted by atomic mass is 19.4. The van der Waals surface area contributed by atoms with Crippen LogP contribution in [0.15, 0.2) is 24.3 Å². The zero-order chi connectivity index (χ0) is 21.5. The van der Waals surface area contributed by atoms with Crippen LogP contribution >= 0.6 is 0 Å². The summed E-state index contributed by atoms with van der Waals surface area (Å²) in [5.74, 6) is -0.412. The largest absolute Gasteiger partial charge is 0.422 e. The molecule has 0 bridgehead atoms. The first-order valence-electron chi connectivity index (χ1n) is 11.3. The maximum Gasteiger partial charge on any atom is 0.422 e. The molecule has 0 nitrogen and oxygen atoms in total. The van der Waals surface area contributed by atoms with Crippen molar-refractivity contribution >= 4 is 10.8 Å². The Morgan fingerprint density at radius 2 is 1.67 bits per heavy atom. The van der Waals surface area contributed by atoms with Gasteiger partial charge in [-0.1, -0.05) is 50.8 Å². The summed E-state index contributed by atoms with van der Waals surface area (Å²) in [5, 5.41) is 0.0403. The standard InChI is InChI=1S/C25H29F5/c1-2-3-4-15-5-6-17-12-18(8-7-16(17)11-15)19-9-10-21-20(13-19)14-22(26)23(24(21)27)25(28,29)30/h9-10,13-18H,2-8,11-12H2,1H3/t15-,16?,17-,18?/m1/s1. The molecule has 0 spiro atoms. The second-order valence-electron chi connectivity index (χ2n) is 9.38. The van der Waals surface area contributed by atoms with Crippen LogP contribution in [0, 0.1) is 29.4 Å². The summed E-state index contributed by atoms with van der Waals surface area (Å²) >= 11 is 0. The van der Waals surface area contributed by atoms with Gasteiger partial charge in [-0.15, -0.1) is 0 Å². The zero-order valence-corrected chi connectivity index (χ0v) is 17.4. The lowest BCUT2D eigenvalue weighted by Gasteiger charge is -2.42. The van der Waals surface area contributed by atoms with E-state index in [1.54, 1.807) is 12.1 Å². The van der Waals surface area contributed by atoms with E-state index in [0.717, 1.165) is 36.3 Å². The van der Waals surface area contributed by atoms with Crippen LogP contribution in [-0.4, -0.2) is 0 Å². The van der Waals surface area contributed by atoms with Crippen molar-refractivity contribution in [1.82, 2.24) is 0 Å². The number of benzene rings is 2. The third-order valence-corrected chi connectivity index (χ3v) is 7.50. The molecule has 0 amide bonds. The van der Waals surface area contributed by atoms with E-state index < -0.39 is 23.4 Å². The Morgan fingerprint density at radius 3 is 2.40 bits per heavy atom. The normalized spacial score (nSPS) is 27.3. The van der Waals surface area contributed by atoms with E-state index in [1.807, 2.05) is 0 Å². The second kappa shape index (κ2) is 8.47. The molecular weight excluding hydrogens is 395 g/mol. The average Bonchev–Trinajstić information content (AvgIpc) is 2.70. The van der Waals surface area contributed by atoms with Crippen LogP contribution in [0.2, 0.25) is 0 Å². The van der Waals surface area contributed by atoms with E-state index in [-0.39, 0.29) is 10.8 Å². The Hall–Kier alpha value is -1.65. The lowest BCUT2D eigenvalue weighted by Crippen LogP contribution is -2.30. The van der Waals surface area contributed by atoms with Gasteiger partial charge in [0, 0.05) is 5.39 Å². The Labute approximate surface area is 174 Å². The maximum atomic E-state index is 14.4. The predicted octanol–water partition coefficient (Wildman–Crippen LogP) is 8.63. The molecule has 4 rings (SSSR count). The van der Waals surface area contributed by atoms with Crippen LogP contribution in [0.1, 0.15) is 81.8 Å². The average molecular weight is 424 g/mol. The number of halogens is 5. The molecule has 0 saturated heterocycles. The van der Waals surface area contributed by atoms with Gasteiger partial charge in [0.1, 0.15) is 17.2 Å². The van der Waals surface area contributed by atoms with E-state index in [1.165, 1.54) is 51.0 Å².